The molecule has 7 heteroatoms. The summed E-state index contributed by atoms with van der Waals surface area (Å²) < 4.78 is 0. The van der Waals surface area contributed by atoms with Crippen LogP contribution >= 0.6 is 0 Å². The molecular formula is C17H19N5O2. The maximum absolute atomic E-state index is 12.5. The predicted molar refractivity (Wildman–Crippen MR) is 91.6 cm³/mol. The molecule has 0 fully saturated rings. The van der Waals surface area contributed by atoms with Gasteiger partial charge in [0, 0.05) is 42.2 Å². The van der Waals surface area contributed by atoms with E-state index in [4.69, 9.17) is 0 Å². The van der Waals surface area contributed by atoms with E-state index >= 15 is 0 Å². The third-order valence-electron chi connectivity index (χ3n) is 3.75. The second-order valence-corrected chi connectivity index (χ2v) is 5.74. The highest BCUT2D eigenvalue weighted by Gasteiger charge is 2.22. The molecule has 1 aromatic carbocycles. The topological polar surface area (TPSA) is 103 Å². The van der Waals surface area contributed by atoms with Gasteiger partial charge in [-0.25, -0.2) is 0 Å². The lowest BCUT2D eigenvalue weighted by molar-refractivity contribution is -0.125. The average Bonchev–Trinajstić information content (AvgIpc) is 3.13. The largest absolute Gasteiger partial charge is 0.361 e. The maximum Gasteiger partial charge on any atom is 0.248 e. The fourth-order valence-electron chi connectivity index (χ4n) is 2.67. The summed E-state index contributed by atoms with van der Waals surface area (Å²) in [5, 5.41) is 13.2. The van der Waals surface area contributed by atoms with Gasteiger partial charge in [0.15, 0.2) is 5.82 Å². The highest BCUT2D eigenvalue weighted by molar-refractivity contribution is 5.97. The van der Waals surface area contributed by atoms with Crippen molar-refractivity contribution in [3.63, 3.8) is 0 Å². The van der Waals surface area contributed by atoms with Gasteiger partial charge in [0.25, 0.3) is 0 Å². The number of carbonyl (C=O) groups is 2. The van der Waals surface area contributed by atoms with Crippen LogP contribution in [0, 0.1) is 6.92 Å². The van der Waals surface area contributed by atoms with E-state index < -0.39 is 6.04 Å². The predicted octanol–water partition coefficient (Wildman–Crippen LogP) is 1.89. The van der Waals surface area contributed by atoms with Crippen molar-refractivity contribution in [2.24, 2.45) is 0 Å². The first-order valence-corrected chi connectivity index (χ1v) is 7.68. The van der Waals surface area contributed by atoms with Gasteiger partial charge in [-0.2, -0.15) is 5.10 Å². The summed E-state index contributed by atoms with van der Waals surface area (Å²) in [4.78, 5) is 27.2. The number of nitrogens with zero attached hydrogens (tertiary/aromatic N) is 1. The number of nitrogens with one attached hydrogen (secondary N) is 4. The highest BCUT2D eigenvalue weighted by Crippen LogP contribution is 2.19. The van der Waals surface area contributed by atoms with Crippen LogP contribution in [0.5, 0.6) is 0 Å². The summed E-state index contributed by atoms with van der Waals surface area (Å²) in [6.45, 7) is 3.24. The van der Waals surface area contributed by atoms with Gasteiger partial charge < -0.3 is 15.6 Å². The summed E-state index contributed by atoms with van der Waals surface area (Å²) in [7, 11) is 0. The molecule has 0 radical (unpaired) electrons. The van der Waals surface area contributed by atoms with E-state index in [1.165, 1.54) is 6.92 Å². The lowest BCUT2D eigenvalue weighted by atomic mass is 10.0. The average molecular weight is 325 g/mol. The van der Waals surface area contributed by atoms with Crippen molar-refractivity contribution in [3.8, 4) is 0 Å². The molecule has 2 amide bonds. The highest BCUT2D eigenvalue weighted by atomic mass is 16.2. The molecular weight excluding hydrogens is 306 g/mol. The number of hydrogen-bond donors (Lipinski definition) is 4. The Kier molecular flexibility index (Phi) is 4.33. The van der Waals surface area contributed by atoms with E-state index in [9.17, 15) is 9.59 Å². The molecule has 124 valence electrons. The van der Waals surface area contributed by atoms with Crippen molar-refractivity contribution < 1.29 is 9.59 Å². The fraction of sp³-hybridized carbons (Fsp3) is 0.235. The molecule has 1 unspecified atom stereocenters. The van der Waals surface area contributed by atoms with Crippen LogP contribution < -0.4 is 10.6 Å². The molecule has 0 aliphatic heterocycles. The number of aromatic nitrogens is 3. The number of benzene rings is 1. The summed E-state index contributed by atoms with van der Waals surface area (Å²) >= 11 is 0. The third-order valence-corrected chi connectivity index (χ3v) is 3.75. The smallest absolute Gasteiger partial charge is 0.248 e. The zero-order chi connectivity index (χ0) is 17.1. The van der Waals surface area contributed by atoms with E-state index in [1.807, 2.05) is 37.4 Å². The number of fused-ring (bicyclic) bond motifs is 1. The Balaban J connectivity index is 1.80. The molecule has 24 heavy (non-hydrogen) atoms. The third kappa shape index (κ3) is 3.45. The molecule has 0 saturated carbocycles. The van der Waals surface area contributed by atoms with Gasteiger partial charge in [-0.05, 0) is 18.6 Å². The van der Waals surface area contributed by atoms with E-state index in [2.05, 4.69) is 25.8 Å². The van der Waals surface area contributed by atoms with E-state index in [-0.39, 0.29) is 11.8 Å². The molecule has 1 atom stereocenters. The fourth-order valence-corrected chi connectivity index (χ4v) is 2.67. The summed E-state index contributed by atoms with van der Waals surface area (Å²) in [5.41, 5.74) is 2.81. The quantitative estimate of drug-likeness (QED) is 0.576. The number of anilines is 1. The van der Waals surface area contributed by atoms with Crippen molar-refractivity contribution in [1.82, 2.24) is 20.5 Å². The van der Waals surface area contributed by atoms with Crippen molar-refractivity contribution >= 4 is 28.5 Å². The van der Waals surface area contributed by atoms with Gasteiger partial charge in [-0.15, -0.1) is 0 Å². The Labute approximate surface area is 138 Å². The van der Waals surface area contributed by atoms with Crippen molar-refractivity contribution in [1.29, 1.82) is 0 Å². The molecule has 0 saturated heterocycles. The number of rotatable bonds is 5. The molecule has 0 bridgehead atoms. The molecule has 7 nitrogen and oxygen atoms in total. The molecule has 4 N–H and O–H groups in total. The van der Waals surface area contributed by atoms with Gasteiger partial charge in [0.1, 0.15) is 6.04 Å². The summed E-state index contributed by atoms with van der Waals surface area (Å²) in [6, 6.07) is 8.90. The first-order valence-electron chi connectivity index (χ1n) is 7.68. The van der Waals surface area contributed by atoms with Crippen LogP contribution in [-0.4, -0.2) is 33.0 Å². The van der Waals surface area contributed by atoms with Crippen molar-refractivity contribution in [2.45, 2.75) is 26.3 Å². The summed E-state index contributed by atoms with van der Waals surface area (Å²) in [5.74, 6) is -0.123. The molecule has 3 rings (SSSR count). The van der Waals surface area contributed by atoms with Crippen molar-refractivity contribution in [3.05, 3.63) is 47.8 Å². The first kappa shape index (κ1) is 15.8. The minimum absolute atomic E-state index is 0.256. The standard InChI is InChI=1S/C17H19N5O2/c1-10-7-16(22-21-10)20-17(24)15(19-11(2)23)8-12-9-18-14-6-4-3-5-13(12)14/h3-7,9,15,18H,8H2,1-2H3,(H,19,23)(H2,20,21,22,24). The van der Waals surface area contributed by atoms with Crippen LogP contribution in [0.15, 0.2) is 36.5 Å². The Bertz CT molecular complexity index is 880. The number of H-pyrrole nitrogens is 2. The summed E-state index contributed by atoms with van der Waals surface area (Å²) in [6.07, 6.45) is 2.25. The second-order valence-electron chi connectivity index (χ2n) is 5.74. The van der Waals surface area contributed by atoms with E-state index in [0.29, 0.717) is 12.2 Å². The number of hydrogen-bond acceptors (Lipinski definition) is 3. The normalized spacial score (nSPS) is 12.1. The number of amides is 2. The molecule has 0 spiro atoms. The molecule has 0 aliphatic carbocycles. The minimum Gasteiger partial charge on any atom is -0.361 e. The van der Waals surface area contributed by atoms with E-state index in [0.717, 1.165) is 22.2 Å². The zero-order valence-corrected chi connectivity index (χ0v) is 13.5. The van der Waals surface area contributed by atoms with E-state index in [1.54, 1.807) is 6.07 Å². The number of para-hydroxylation sites is 1. The van der Waals surface area contributed by atoms with Crippen LogP contribution in [0.4, 0.5) is 5.82 Å². The van der Waals surface area contributed by atoms with Gasteiger partial charge in [0.2, 0.25) is 11.8 Å². The van der Waals surface area contributed by atoms with Crippen LogP contribution in [0.2, 0.25) is 0 Å². The van der Waals surface area contributed by atoms with Crippen LogP contribution in [0.25, 0.3) is 10.9 Å². The van der Waals surface area contributed by atoms with Gasteiger partial charge in [0.05, 0.1) is 0 Å². The number of aromatic amines is 2. The Morgan fingerprint density at radius 3 is 2.79 bits per heavy atom. The van der Waals surface area contributed by atoms with Crippen molar-refractivity contribution in [2.75, 3.05) is 5.32 Å². The van der Waals surface area contributed by atoms with Crippen LogP contribution in [0.1, 0.15) is 18.2 Å². The Hall–Kier alpha value is -3.09. The monoisotopic (exact) mass is 325 g/mol. The SMILES string of the molecule is CC(=O)NC(Cc1c[nH]c2ccccc12)C(=O)Nc1cc(C)[nH]n1. The van der Waals surface area contributed by atoms with Gasteiger partial charge >= 0.3 is 0 Å². The molecule has 3 aromatic rings. The first-order chi connectivity index (χ1) is 11.5. The van der Waals surface area contributed by atoms with Crippen LogP contribution in [-0.2, 0) is 16.0 Å². The van der Waals surface area contributed by atoms with Gasteiger partial charge in [-0.1, -0.05) is 18.2 Å². The number of aryl methyl sites for hydroxylation is 1. The maximum atomic E-state index is 12.5. The number of carbonyl (C=O) groups excluding carboxylic acids is 2. The Morgan fingerprint density at radius 1 is 1.29 bits per heavy atom. The van der Waals surface area contributed by atoms with Gasteiger partial charge in [-0.3, -0.25) is 14.7 Å². The molecule has 2 heterocycles. The minimum atomic E-state index is -0.682. The lowest BCUT2D eigenvalue weighted by Crippen LogP contribution is -2.44. The zero-order valence-electron chi connectivity index (χ0n) is 13.5. The van der Waals surface area contributed by atoms with Crippen LogP contribution in [0.3, 0.4) is 0 Å². The molecule has 0 aliphatic rings. The Morgan fingerprint density at radius 2 is 2.08 bits per heavy atom. The second kappa shape index (κ2) is 6.57. The lowest BCUT2D eigenvalue weighted by Gasteiger charge is -2.16. The molecule has 2 aromatic heterocycles.